The number of aliphatic hydroxyl groups is 1. The number of ether oxygens (including phenoxy) is 1. The molecule has 0 saturated carbocycles. The van der Waals surface area contributed by atoms with Crippen LogP contribution in [0.15, 0.2) is 42.5 Å². The van der Waals surface area contributed by atoms with Crippen molar-refractivity contribution in [2.75, 3.05) is 13.2 Å². The molecule has 5 nitrogen and oxygen atoms in total. The number of hydrogen-bond acceptors (Lipinski definition) is 5. The van der Waals surface area contributed by atoms with Crippen molar-refractivity contribution < 1.29 is 9.84 Å². The van der Waals surface area contributed by atoms with Crippen molar-refractivity contribution in [2.45, 2.75) is 31.9 Å². The van der Waals surface area contributed by atoms with E-state index in [4.69, 9.17) is 16.3 Å². The first-order valence-corrected chi connectivity index (χ1v) is 8.08. The molecule has 0 saturated heterocycles. The van der Waals surface area contributed by atoms with Gasteiger partial charge in [0.1, 0.15) is 12.7 Å². The number of aromatic nitrogens is 2. The molecule has 0 aliphatic heterocycles. The third-order valence-corrected chi connectivity index (χ3v) is 3.64. The van der Waals surface area contributed by atoms with Gasteiger partial charge in [-0.15, -0.1) is 10.2 Å². The van der Waals surface area contributed by atoms with Gasteiger partial charge in [0.2, 0.25) is 5.88 Å². The largest absolute Gasteiger partial charge is 0.474 e. The third kappa shape index (κ3) is 6.95. The normalized spacial score (nSPS) is 13.5. The van der Waals surface area contributed by atoms with E-state index < -0.39 is 6.10 Å². The van der Waals surface area contributed by atoms with Gasteiger partial charge in [-0.2, -0.15) is 0 Å². The van der Waals surface area contributed by atoms with Crippen molar-refractivity contribution in [3.63, 3.8) is 0 Å². The maximum absolute atomic E-state index is 9.94. The highest BCUT2D eigenvalue weighted by molar-refractivity contribution is 6.29. The van der Waals surface area contributed by atoms with Crippen molar-refractivity contribution in [1.29, 1.82) is 0 Å². The Morgan fingerprint density at radius 2 is 1.96 bits per heavy atom. The molecule has 0 fully saturated rings. The van der Waals surface area contributed by atoms with Crippen molar-refractivity contribution in [1.82, 2.24) is 15.5 Å². The van der Waals surface area contributed by atoms with E-state index in [1.54, 1.807) is 12.1 Å². The Balaban J connectivity index is 1.61. The van der Waals surface area contributed by atoms with Gasteiger partial charge in [0, 0.05) is 18.7 Å². The Morgan fingerprint density at radius 3 is 2.65 bits per heavy atom. The zero-order valence-corrected chi connectivity index (χ0v) is 13.9. The molecule has 23 heavy (non-hydrogen) atoms. The fourth-order valence-electron chi connectivity index (χ4n) is 2.09. The fraction of sp³-hybridized carbons (Fsp3) is 0.412. The maximum atomic E-state index is 9.94. The van der Waals surface area contributed by atoms with E-state index in [9.17, 15) is 5.11 Å². The predicted molar refractivity (Wildman–Crippen MR) is 90.8 cm³/mol. The second-order valence-electron chi connectivity index (χ2n) is 5.49. The average molecular weight is 336 g/mol. The second kappa shape index (κ2) is 9.45. The van der Waals surface area contributed by atoms with E-state index in [1.165, 1.54) is 5.56 Å². The maximum Gasteiger partial charge on any atom is 0.233 e. The summed E-state index contributed by atoms with van der Waals surface area (Å²) in [5.74, 6) is 0.352. The van der Waals surface area contributed by atoms with Gasteiger partial charge in [-0.25, -0.2) is 0 Å². The summed E-state index contributed by atoms with van der Waals surface area (Å²) >= 11 is 5.64. The SMILES string of the molecule is CC(CCc1ccccc1)NCC(O)COc1ccc(Cl)nn1. The molecule has 1 aromatic carbocycles. The van der Waals surface area contributed by atoms with Crippen LogP contribution >= 0.6 is 11.6 Å². The summed E-state index contributed by atoms with van der Waals surface area (Å²) in [6.45, 7) is 2.74. The predicted octanol–water partition coefficient (Wildman–Crippen LogP) is 2.48. The molecule has 2 unspecified atom stereocenters. The molecule has 2 rings (SSSR count). The zero-order valence-electron chi connectivity index (χ0n) is 13.2. The van der Waals surface area contributed by atoms with Crippen LogP contribution in [0.5, 0.6) is 5.88 Å². The summed E-state index contributed by atoms with van der Waals surface area (Å²) in [4.78, 5) is 0. The van der Waals surface area contributed by atoms with Gasteiger partial charge in [-0.05, 0) is 31.4 Å². The molecule has 0 aliphatic rings. The molecule has 0 aliphatic carbocycles. The molecule has 0 amide bonds. The van der Waals surface area contributed by atoms with Crippen LogP contribution in [-0.2, 0) is 6.42 Å². The number of halogens is 1. The zero-order chi connectivity index (χ0) is 16.5. The number of benzene rings is 1. The first-order valence-electron chi connectivity index (χ1n) is 7.71. The molecule has 0 radical (unpaired) electrons. The van der Waals surface area contributed by atoms with Crippen LogP contribution in [0.1, 0.15) is 18.9 Å². The molecule has 1 aromatic heterocycles. The van der Waals surface area contributed by atoms with Gasteiger partial charge in [0.05, 0.1) is 0 Å². The van der Waals surface area contributed by atoms with Gasteiger partial charge in [-0.1, -0.05) is 41.9 Å². The highest BCUT2D eigenvalue weighted by Crippen LogP contribution is 2.08. The quantitative estimate of drug-likeness (QED) is 0.737. The van der Waals surface area contributed by atoms with E-state index in [0.29, 0.717) is 23.6 Å². The number of nitrogens with one attached hydrogen (secondary N) is 1. The lowest BCUT2D eigenvalue weighted by molar-refractivity contribution is 0.101. The minimum absolute atomic E-state index is 0.161. The molecule has 6 heteroatoms. The Kier molecular flexibility index (Phi) is 7.26. The molecular formula is C17H22ClN3O2. The number of aliphatic hydroxyl groups excluding tert-OH is 1. The molecule has 0 spiro atoms. The second-order valence-corrected chi connectivity index (χ2v) is 5.88. The first-order chi connectivity index (χ1) is 11.1. The third-order valence-electron chi connectivity index (χ3n) is 3.44. The number of nitrogens with zero attached hydrogens (tertiary/aromatic N) is 2. The van der Waals surface area contributed by atoms with Crippen LogP contribution in [0, 0.1) is 0 Å². The van der Waals surface area contributed by atoms with Gasteiger partial charge in [-0.3, -0.25) is 0 Å². The van der Waals surface area contributed by atoms with Crippen LogP contribution in [0.2, 0.25) is 5.15 Å². The molecule has 2 aromatic rings. The molecule has 0 bridgehead atoms. The van der Waals surface area contributed by atoms with E-state index in [0.717, 1.165) is 12.8 Å². The standard InChI is InChI=1S/C17H22ClN3O2/c1-13(7-8-14-5-3-2-4-6-14)19-11-15(22)12-23-17-10-9-16(18)20-21-17/h2-6,9-10,13,15,19,22H,7-8,11-12H2,1H3. The van der Waals surface area contributed by atoms with Crippen LogP contribution in [-0.4, -0.2) is 40.6 Å². The van der Waals surface area contributed by atoms with E-state index in [-0.39, 0.29) is 6.61 Å². The summed E-state index contributed by atoms with van der Waals surface area (Å²) in [5, 5.41) is 21.0. The van der Waals surface area contributed by atoms with Crippen molar-refractivity contribution >= 4 is 11.6 Å². The Labute approximate surface area is 141 Å². The Morgan fingerprint density at radius 1 is 1.17 bits per heavy atom. The molecule has 2 N–H and O–H groups in total. The minimum Gasteiger partial charge on any atom is -0.474 e. The van der Waals surface area contributed by atoms with Gasteiger partial charge >= 0.3 is 0 Å². The summed E-state index contributed by atoms with van der Waals surface area (Å²) in [6.07, 6.45) is 1.43. The van der Waals surface area contributed by atoms with Crippen molar-refractivity contribution in [2.24, 2.45) is 0 Å². The monoisotopic (exact) mass is 335 g/mol. The fourth-order valence-corrected chi connectivity index (χ4v) is 2.19. The summed E-state index contributed by atoms with van der Waals surface area (Å²) in [5.41, 5.74) is 1.33. The lowest BCUT2D eigenvalue weighted by Gasteiger charge is -2.17. The highest BCUT2D eigenvalue weighted by atomic mass is 35.5. The van der Waals surface area contributed by atoms with Crippen LogP contribution in [0.25, 0.3) is 0 Å². The van der Waals surface area contributed by atoms with Crippen molar-refractivity contribution in [3.8, 4) is 5.88 Å². The van der Waals surface area contributed by atoms with E-state index >= 15 is 0 Å². The summed E-state index contributed by atoms with van der Waals surface area (Å²) < 4.78 is 5.36. The van der Waals surface area contributed by atoms with Crippen molar-refractivity contribution in [3.05, 3.63) is 53.2 Å². The summed E-state index contributed by atoms with van der Waals surface area (Å²) in [7, 11) is 0. The molecule has 2 atom stereocenters. The molecule has 1 heterocycles. The first kappa shape index (κ1) is 17.7. The minimum atomic E-state index is -0.605. The smallest absolute Gasteiger partial charge is 0.233 e. The van der Waals surface area contributed by atoms with Gasteiger partial charge in [0.15, 0.2) is 5.15 Å². The molecule has 124 valence electrons. The van der Waals surface area contributed by atoms with Gasteiger partial charge < -0.3 is 15.2 Å². The number of hydrogen-bond donors (Lipinski definition) is 2. The lowest BCUT2D eigenvalue weighted by atomic mass is 10.1. The number of aryl methyl sites for hydroxylation is 1. The van der Waals surface area contributed by atoms with Gasteiger partial charge in [0.25, 0.3) is 0 Å². The topological polar surface area (TPSA) is 67.3 Å². The summed E-state index contributed by atoms with van der Waals surface area (Å²) in [6, 6.07) is 13.9. The Bertz CT molecular complexity index is 566. The van der Waals surface area contributed by atoms with Crippen LogP contribution < -0.4 is 10.1 Å². The molecular weight excluding hydrogens is 314 g/mol. The lowest BCUT2D eigenvalue weighted by Crippen LogP contribution is -2.36. The van der Waals surface area contributed by atoms with E-state index in [2.05, 4.69) is 34.6 Å². The average Bonchev–Trinajstić information content (AvgIpc) is 2.58. The van der Waals surface area contributed by atoms with E-state index in [1.807, 2.05) is 18.2 Å². The highest BCUT2D eigenvalue weighted by Gasteiger charge is 2.09. The Hall–Kier alpha value is -1.69. The van der Waals surface area contributed by atoms with Crippen LogP contribution in [0.4, 0.5) is 0 Å². The van der Waals surface area contributed by atoms with Crippen LogP contribution in [0.3, 0.4) is 0 Å². The number of rotatable bonds is 9.